The quantitative estimate of drug-likeness (QED) is 0.283. The Labute approximate surface area is 85.8 Å². The van der Waals surface area contributed by atoms with Crippen molar-refractivity contribution in [1.82, 2.24) is 0 Å². The van der Waals surface area contributed by atoms with Crippen molar-refractivity contribution in [1.29, 1.82) is 0 Å². The molecule has 0 fully saturated rings. The van der Waals surface area contributed by atoms with E-state index in [1.54, 1.807) is 5.94 Å². The molecule has 0 atom stereocenters. The molecule has 0 radical (unpaired) electrons. The third kappa shape index (κ3) is 9.51. The Bertz CT molecular complexity index is 162. The summed E-state index contributed by atoms with van der Waals surface area (Å²) in [7, 11) is 0. The van der Waals surface area contributed by atoms with Crippen LogP contribution in [0.5, 0.6) is 0 Å². The van der Waals surface area contributed by atoms with Gasteiger partial charge in [-0.05, 0) is 6.42 Å². The number of hydrogen-bond acceptors (Lipinski definition) is 3. The monoisotopic (exact) mass is 202 g/mol. The molecule has 0 aliphatic carbocycles. The summed E-state index contributed by atoms with van der Waals surface area (Å²) in [4.78, 5) is 9.95. The van der Waals surface area contributed by atoms with E-state index >= 15 is 0 Å². The van der Waals surface area contributed by atoms with Crippen LogP contribution in [-0.4, -0.2) is 12.5 Å². The van der Waals surface area contributed by atoms with E-state index in [1.807, 2.05) is 0 Å². The van der Waals surface area contributed by atoms with Crippen LogP contribution in [0.4, 0.5) is 0 Å². The van der Waals surface area contributed by atoms with Crippen LogP contribution >= 0.6 is 12.6 Å². The maximum Gasteiger partial charge on any atom is 0.236 e. The number of rotatable bonds is 8. The summed E-state index contributed by atoms with van der Waals surface area (Å²) < 4.78 is 4.95. The zero-order valence-electron chi connectivity index (χ0n) is 8.21. The smallest absolute Gasteiger partial charge is 0.236 e. The Hall–Kier alpha value is -0.400. The van der Waals surface area contributed by atoms with Gasteiger partial charge in [-0.2, -0.15) is 0 Å². The summed E-state index contributed by atoms with van der Waals surface area (Å²) in [5.41, 5.74) is 0. The minimum absolute atomic E-state index is 0.0635. The Morgan fingerprint density at radius 1 is 1.23 bits per heavy atom. The number of unbranched alkanes of at least 4 members (excludes halogenated alkanes) is 5. The van der Waals surface area contributed by atoms with Gasteiger partial charge in [0.25, 0.3) is 0 Å². The van der Waals surface area contributed by atoms with Crippen LogP contribution < -0.4 is 0 Å². The highest BCUT2D eigenvalue weighted by atomic mass is 32.1. The highest BCUT2D eigenvalue weighted by Gasteiger charge is 1.92. The standard InChI is InChI=1S/C10H18O2S/c1-2-3-4-5-6-7-8-12-10(13)9-11/h13H,2-8H2,1H3. The van der Waals surface area contributed by atoms with Gasteiger partial charge in [-0.1, -0.05) is 51.7 Å². The van der Waals surface area contributed by atoms with Crippen LogP contribution in [0.15, 0.2) is 5.09 Å². The van der Waals surface area contributed by atoms with Gasteiger partial charge in [0.1, 0.15) is 0 Å². The van der Waals surface area contributed by atoms with Crippen LogP contribution in [0, 0.1) is 0 Å². The highest BCUT2D eigenvalue weighted by molar-refractivity contribution is 7.84. The summed E-state index contributed by atoms with van der Waals surface area (Å²) in [6.07, 6.45) is 7.30. The van der Waals surface area contributed by atoms with Crippen molar-refractivity contribution in [3.8, 4) is 0 Å². The van der Waals surface area contributed by atoms with Gasteiger partial charge in [-0.15, -0.1) is 0 Å². The molecule has 0 heterocycles. The third-order valence-electron chi connectivity index (χ3n) is 1.82. The Morgan fingerprint density at radius 2 is 1.85 bits per heavy atom. The van der Waals surface area contributed by atoms with Crippen molar-refractivity contribution >= 4 is 18.6 Å². The van der Waals surface area contributed by atoms with Crippen molar-refractivity contribution in [2.45, 2.75) is 45.4 Å². The van der Waals surface area contributed by atoms with Crippen molar-refractivity contribution < 1.29 is 9.53 Å². The molecule has 3 heteroatoms. The second kappa shape index (κ2) is 9.69. The molecule has 76 valence electrons. The summed E-state index contributed by atoms with van der Waals surface area (Å²) in [6, 6.07) is 0. The Kier molecular flexibility index (Phi) is 9.39. The molecule has 0 aromatic carbocycles. The molecule has 0 aromatic heterocycles. The Morgan fingerprint density at radius 3 is 2.46 bits per heavy atom. The lowest BCUT2D eigenvalue weighted by atomic mass is 10.1. The molecule has 0 bridgehead atoms. The molecule has 0 aromatic rings. The Balaban J connectivity index is 3.04. The normalized spacial score (nSPS) is 9.38. The average Bonchev–Trinajstić information content (AvgIpc) is 2.16. The minimum Gasteiger partial charge on any atom is -0.479 e. The maximum atomic E-state index is 9.95. The lowest BCUT2D eigenvalue weighted by Gasteiger charge is -2.02. The van der Waals surface area contributed by atoms with Crippen LogP contribution in [0.25, 0.3) is 0 Å². The van der Waals surface area contributed by atoms with E-state index < -0.39 is 0 Å². The van der Waals surface area contributed by atoms with Crippen molar-refractivity contribution in [3.63, 3.8) is 0 Å². The fraction of sp³-hybridized carbons (Fsp3) is 0.800. The molecule has 0 spiro atoms. The number of ether oxygens (including phenoxy) is 1. The van der Waals surface area contributed by atoms with Gasteiger partial charge in [0.15, 0.2) is 5.94 Å². The molecular weight excluding hydrogens is 184 g/mol. The predicted octanol–water partition coefficient (Wildman–Crippen LogP) is 2.97. The van der Waals surface area contributed by atoms with Gasteiger partial charge in [-0.25, -0.2) is 4.79 Å². The van der Waals surface area contributed by atoms with Crippen LogP contribution in [-0.2, 0) is 9.53 Å². The topological polar surface area (TPSA) is 26.3 Å². The predicted molar refractivity (Wildman–Crippen MR) is 57.5 cm³/mol. The first-order chi connectivity index (χ1) is 6.31. The summed E-state index contributed by atoms with van der Waals surface area (Å²) >= 11 is 3.76. The SMILES string of the molecule is CCCCCCCCOC(S)=C=O. The van der Waals surface area contributed by atoms with E-state index in [0.29, 0.717) is 6.61 Å². The van der Waals surface area contributed by atoms with Crippen LogP contribution in [0.2, 0.25) is 0 Å². The molecular formula is C10H18O2S. The van der Waals surface area contributed by atoms with Crippen molar-refractivity contribution in [3.05, 3.63) is 5.09 Å². The molecule has 0 saturated heterocycles. The number of carbonyl (C=O) groups excluding carboxylic acids is 1. The first-order valence-corrected chi connectivity index (χ1v) is 5.32. The van der Waals surface area contributed by atoms with E-state index in [1.165, 1.54) is 32.1 Å². The van der Waals surface area contributed by atoms with E-state index in [2.05, 4.69) is 19.6 Å². The van der Waals surface area contributed by atoms with Gasteiger partial charge in [-0.3, -0.25) is 0 Å². The lowest BCUT2D eigenvalue weighted by molar-refractivity contribution is 0.233. The molecule has 0 saturated carbocycles. The minimum atomic E-state index is 0.0635. The zero-order chi connectivity index (χ0) is 9.94. The van der Waals surface area contributed by atoms with Crippen molar-refractivity contribution in [2.24, 2.45) is 0 Å². The zero-order valence-corrected chi connectivity index (χ0v) is 9.11. The van der Waals surface area contributed by atoms with E-state index in [4.69, 9.17) is 4.74 Å². The summed E-state index contributed by atoms with van der Waals surface area (Å²) in [5.74, 6) is 1.58. The van der Waals surface area contributed by atoms with Crippen LogP contribution in [0.1, 0.15) is 45.4 Å². The molecule has 0 amide bonds. The molecule has 0 aliphatic rings. The van der Waals surface area contributed by atoms with Gasteiger partial charge in [0.05, 0.1) is 6.61 Å². The van der Waals surface area contributed by atoms with Gasteiger partial charge in [0.2, 0.25) is 5.09 Å². The van der Waals surface area contributed by atoms with E-state index in [-0.39, 0.29) is 5.09 Å². The molecule has 13 heavy (non-hydrogen) atoms. The second-order valence-corrected chi connectivity index (χ2v) is 3.43. The van der Waals surface area contributed by atoms with Crippen molar-refractivity contribution in [2.75, 3.05) is 6.61 Å². The number of thiol groups is 1. The fourth-order valence-electron chi connectivity index (χ4n) is 1.08. The molecule has 2 nitrogen and oxygen atoms in total. The first kappa shape index (κ1) is 12.6. The van der Waals surface area contributed by atoms with Crippen LogP contribution in [0.3, 0.4) is 0 Å². The number of hydrogen-bond donors (Lipinski definition) is 1. The van der Waals surface area contributed by atoms with Gasteiger partial charge in [0, 0.05) is 0 Å². The maximum absolute atomic E-state index is 9.95. The third-order valence-corrected chi connectivity index (χ3v) is 2.04. The average molecular weight is 202 g/mol. The molecule has 0 rings (SSSR count). The van der Waals surface area contributed by atoms with Gasteiger partial charge >= 0.3 is 0 Å². The summed E-state index contributed by atoms with van der Waals surface area (Å²) in [5, 5.41) is 0.0635. The highest BCUT2D eigenvalue weighted by Crippen LogP contribution is 2.06. The second-order valence-electron chi connectivity index (χ2n) is 3.02. The largest absolute Gasteiger partial charge is 0.479 e. The van der Waals surface area contributed by atoms with E-state index in [9.17, 15) is 4.79 Å². The van der Waals surface area contributed by atoms with E-state index in [0.717, 1.165) is 6.42 Å². The fourth-order valence-corrected chi connectivity index (χ4v) is 1.17. The molecule has 0 aliphatic heterocycles. The molecule has 0 unspecified atom stereocenters. The first-order valence-electron chi connectivity index (χ1n) is 4.88. The summed E-state index contributed by atoms with van der Waals surface area (Å²) in [6.45, 7) is 2.78. The van der Waals surface area contributed by atoms with Gasteiger partial charge < -0.3 is 4.74 Å². The lowest BCUT2D eigenvalue weighted by Crippen LogP contribution is -1.91. The molecule has 0 N–H and O–H groups in total.